The fourth-order valence-corrected chi connectivity index (χ4v) is 2.77. The molecule has 0 amide bonds. The van der Waals surface area contributed by atoms with E-state index in [2.05, 4.69) is 42.3 Å². The van der Waals surface area contributed by atoms with Gasteiger partial charge in [0.25, 0.3) is 0 Å². The number of halogens is 2. The maximum absolute atomic E-state index is 12.9. The summed E-state index contributed by atoms with van der Waals surface area (Å²) in [6, 6.07) is 6.61. The molecule has 1 aromatic carbocycles. The van der Waals surface area contributed by atoms with E-state index in [-0.39, 0.29) is 25.1 Å². The molecule has 2 rings (SSSR count). The normalized spacial score (nSPS) is 17.8. The van der Waals surface area contributed by atoms with Crippen LogP contribution in [0.4, 0.5) is 4.39 Å². The van der Waals surface area contributed by atoms with Crippen LogP contribution >= 0.6 is 12.4 Å². The Labute approximate surface area is 121 Å². The van der Waals surface area contributed by atoms with E-state index in [1.807, 2.05) is 0 Å². The van der Waals surface area contributed by atoms with Crippen molar-refractivity contribution >= 4 is 12.4 Å². The minimum Gasteiger partial charge on any atom is -0.314 e. The van der Waals surface area contributed by atoms with E-state index < -0.39 is 0 Å². The summed E-state index contributed by atoms with van der Waals surface area (Å²) in [5.74, 6) is 0. The van der Waals surface area contributed by atoms with Crippen LogP contribution in [0.1, 0.15) is 29.2 Å². The Kier molecular flexibility index (Phi) is 6.76. The largest absolute Gasteiger partial charge is 0.314 e. The van der Waals surface area contributed by atoms with Crippen LogP contribution in [0.15, 0.2) is 18.2 Å². The first-order valence-corrected chi connectivity index (χ1v) is 6.81. The lowest BCUT2D eigenvalue weighted by atomic mass is 9.94. The van der Waals surface area contributed by atoms with Crippen molar-refractivity contribution in [2.24, 2.45) is 0 Å². The van der Waals surface area contributed by atoms with Crippen LogP contribution in [0.25, 0.3) is 0 Å². The number of nitrogens with zero attached hydrogens (tertiary/aromatic N) is 1. The summed E-state index contributed by atoms with van der Waals surface area (Å²) >= 11 is 0. The van der Waals surface area contributed by atoms with Gasteiger partial charge in [0.2, 0.25) is 0 Å². The highest BCUT2D eigenvalue weighted by Crippen LogP contribution is 2.28. The molecule has 4 heteroatoms. The molecule has 2 nitrogen and oxygen atoms in total. The molecule has 0 aromatic heterocycles. The van der Waals surface area contributed by atoms with Gasteiger partial charge in [0, 0.05) is 32.2 Å². The minimum absolute atomic E-state index is 0. The number of aryl methyl sites for hydroxylation is 1. The van der Waals surface area contributed by atoms with Crippen LogP contribution in [0.5, 0.6) is 0 Å². The van der Waals surface area contributed by atoms with E-state index in [0.29, 0.717) is 6.42 Å². The van der Waals surface area contributed by atoms with Gasteiger partial charge in [-0.25, -0.2) is 0 Å². The number of benzene rings is 1. The van der Waals surface area contributed by atoms with Gasteiger partial charge in [0.1, 0.15) is 0 Å². The fourth-order valence-electron chi connectivity index (χ4n) is 2.77. The zero-order valence-electron chi connectivity index (χ0n) is 11.8. The predicted molar refractivity (Wildman–Crippen MR) is 80.9 cm³/mol. The van der Waals surface area contributed by atoms with Crippen LogP contribution in [-0.4, -0.2) is 37.8 Å². The van der Waals surface area contributed by atoms with Crippen molar-refractivity contribution in [2.45, 2.75) is 26.3 Å². The van der Waals surface area contributed by atoms with Gasteiger partial charge in [-0.15, -0.1) is 12.4 Å². The minimum atomic E-state index is -0.248. The predicted octanol–water partition coefficient (Wildman–Crippen LogP) is 3.03. The van der Waals surface area contributed by atoms with Gasteiger partial charge in [-0.1, -0.05) is 18.2 Å². The number of rotatable bonds is 4. The molecule has 0 spiro atoms. The van der Waals surface area contributed by atoms with Crippen molar-refractivity contribution in [1.82, 2.24) is 10.2 Å². The van der Waals surface area contributed by atoms with Crippen molar-refractivity contribution in [3.05, 3.63) is 34.9 Å². The van der Waals surface area contributed by atoms with Gasteiger partial charge in [-0.3, -0.25) is 9.29 Å². The molecule has 1 heterocycles. The summed E-state index contributed by atoms with van der Waals surface area (Å²) < 4.78 is 12.9. The molecular formula is C15H24ClFN2. The average molecular weight is 287 g/mol. The molecule has 0 saturated carbocycles. The molecule has 1 N–H and O–H groups in total. The number of alkyl halides is 1. The third-order valence-electron chi connectivity index (χ3n) is 3.98. The highest BCUT2D eigenvalue weighted by atomic mass is 35.5. The molecule has 0 aliphatic carbocycles. The Balaban J connectivity index is 0.00000180. The summed E-state index contributed by atoms with van der Waals surface area (Å²) in [5, 5.41) is 3.35. The highest BCUT2D eigenvalue weighted by Gasteiger charge is 2.23. The zero-order chi connectivity index (χ0) is 13.0. The lowest BCUT2D eigenvalue weighted by molar-refractivity contribution is 0.157. The van der Waals surface area contributed by atoms with Crippen molar-refractivity contribution in [3.8, 4) is 0 Å². The van der Waals surface area contributed by atoms with Gasteiger partial charge in [-0.05, 0) is 37.0 Å². The molecule has 0 unspecified atom stereocenters. The first-order valence-electron chi connectivity index (χ1n) is 6.81. The van der Waals surface area contributed by atoms with E-state index >= 15 is 0 Å². The number of piperazine rings is 1. The van der Waals surface area contributed by atoms with Gasteiger partial charge in [0.15, 0.2) is 0 Å². The van der Waals surface area contributed by atoms with Crippen molar-refractivity contribution in [1.29, 1.82) is 0 Å². The van der Waals surface area contributed by atoms with E-state index in [9.17, 15) is 4.39 Å². The van der Waals surface area contributed by atoms with E-state index in [1.165, 1.54) is 16.7 Å². The van der Waals surface area contributed by atoms with Gasteiger partial charge >= 0.3 is 0 Å². The van der Waals surface area contributed by atoms with E-state index in [1.54, 1.807) is 0 Å². The first-order chi connectivity index (χ1) is 8.74. The molecule has 1 atom stereocenters. The maximum Gasteiger partial charge on any atom is 0.0912 e. The number of hydrogen-bond acceptors (Lipinski definition) is 2. The van der Waals surface area contributed by atoms with E-state index in [4.69, 9.17) is 0 Å². The van der Waals surface area contributed by atoms with Crippen LogP contribution in [0.2, 0.25) is 0 Å². The molecule has 108 valence electrons. The molecule has 19 heavy (non-hydrogen) atoms. The Morgan fingerprint density at radius 3 is 2.58 bits per heavy atom. The third-order valence-corrected chi connectivity index (χ3v) is 3.98. The average Bonchev–Trinajstić information content (AvgIpc) is 2.41. The summed E-state index contributed by atoms with van der Waals surface area (Å²) in [4.78, 5) is 2.41. The monoisotopic (exact) mass is 286 g/mol. The van der Waals surface area contributed by atoms with Crippen LogP contribution < -0.4 is 5.32 Å². The van der Waals surface area contributed by atoms with Crippen LogP contribution in [0, 0.1) is 13.8 Å². The summed E-state index contributed by atoms with van der Waals surface area (Å²) in [6.45, 7) is 8.07. The first kappa shape index (κ1) is 16.4. The highest BCUT2D eigenvalue weighted by molar-refractivity contribution is 5.85. The lowest BCUT2D eigenvalue weighted by Gasteiger charge is -2.35. The Hall–Kier alpha value is -0.640. The number of hydrogen-bond donors (Lipinski definition) is 1. The second-order valence-corrected chi connectivity index (χ2v) is 5.07. The van der Waals surface area contributed by atoms with Gasteiger partial charge in [-0.2, -0.15) is 0 Å². The van der Waals surface area contributed by atoms with Crippen LogP contribution in [0.3, 0.4) is 0 Å². The molecule has 1 aromatic rings. The Bertz CT molecular complexity index is 392. The van der Waals surface area contributed by atoms with Crippen molar-refractivity contribution in [3.63, 3.8) is 0 Å². The molecule has 1 fully saturated rings. The van der Waals surface area contributed by atoms with Crippen LogP contribution in [-0.2, 0) is 0 Å². The zero-order valence-corrected chi connectivity index (χ0v) is 12.6. The van der Waals surface area contributed by atoms with Gasteiger partial charge in [0.05, 0.1) is 6.67 Å². The summed E-state index contributed by atoms with van der Waals surface area (Å²) in [6.07, 6.45) is 0.601. The SMILES string of the molecule is Cc1cccc([C@H](CCF)N2CCNCC2)c1C.Cl. The quantitative estimate of drug-likeness (QED) is 0.915. The molecule has 1 aliphatic heterocycles. The van der Waals surface area contributed by atoms with Gasteiger partial charge < -0.3 is 5.32 Å². The smallest absolute Gasteiger partial charge is 0.0912 e. The second kappa shape index (κ2) is 7.83. The van der Waals surface area contributed by atoms with Crippen molar-refractivity contribution in [2.75, 3.05) is 32.9 Å². The summed E-state index contributed by atoms with van der Waals surface area (Å²) in [5.41, 5.74) is 3.91. The third kappa shape index (κ3) is 3.91. The Morgan fingerprint density at radius 1 is 1.26 bits per heavy atom. The van der Waals surface area contributed by atoms with Crippen molar-refractivity contribution < 1.29 is 4.39 Å². The topological polar surface area (TPSA) is 15.3 Å². The van der Waals surface area contributed by atoms with E-state index in [0.717, 1.165) is 26.2 Å². The Morgan fingerprint density at radius 2 is 1.95 bits per heavy atom. The molecule has 0 radical (unpaired) electrons. The number of nitrogens with one attached hydrogen (secondary N) is 1. The standard InChI is InChI=1S/C15H23FN2.ClH/c1-12-4-3-5-14(13(12)2)15(6-7-16)18-10-8-17-9-11-18;/h3-5,15,17H,6-11H2,1-2H3;1H/t15-;/m0./s1. The second-order valence-electron chi connectivity index (χ2n) is 5.07. The maximum atomic E-state index is 12.9. The molecule has 1 saturated heterocycles. The molecule has 1 aliphatic rings. The fraction of sp³-hybridized carbons (Fsp3) is 0.600. The summed E-state index contributed by atoms with van der Waals surface area (Å²) in [7, 11) is 0. The molecule has 0 bridgehead atoms. The molecular weight excluding hydrogens is 263 g/mol. The lowest BCUT2D eigenvalue weighted by Crippen LogP contribution is -2.45.